The second-order valence-corrected chi connectivity index (χ2v) is 4.85. The molecule has 0 aliphatic rings. The Kier molecular flexibility index (Phi) is 4.38. The molecule has 1 amide bonds. The summed E-state index contributed by atoms with van der Waals surface area (Å²) in [7, 11) is 0. The number of carbonyl (C=O) groups is 1. The summed E-state index contributed by atoms with van der Waals surface area (Å²) in [5.74, 6) is 5.58. The Morgan fingerprint density at radius 1 is 1.37 bits per heavy atom. The van der Waals surface area contributed by atoms with Crippen LogP contribution in [0.25, 0.3) is 0 Å². The number of thioether (sulfide) groups is 1. The molecule has 6 heteroatoms. The first kappa shape index (κ1) is 13.4. The fourth-order valence-corrected chi connectivity index (χ4v) is 2.32. The highest BCUT2D eigenvalue weighted by molar-refractivity contribution is 7.98. The zero-order valence-electron chi connectivity index (χ0n) is 10.0. The summed E-state index contributed by atoms with van der Waals surface area (Å²) >= 11 is 1.56. The number of nitrogens with two attached hydrogens (primary N) is 1. The zero-order valence-corrected chi connectivity index (χ0v) is 10.9. The molecule has 5 nitrogen and oxygen atoms in total. The number of aromatic nitrogens is 1. The second-order valence-electron chi connectivity index (χ2n) is 3.80. The lowest BCUT2D eigenvalue weighted by Gasteiger charge is -2.03. The Bertz CT molecular complexity index is 572. The van der Waals surface area contributed by atoms with Crippen molar-refractivity contribution in [2.75, 3.05) is 0 Å². The van der Waals surface area contributed by atoms with E-state index in [1.165, 1.54) is 6.20 Å². The van der Waals surface area contributed by atoms with E-state index in [0.29, 0.717) is 11.3 Å². The Hall–Kier alpha value is -2.05. The van der Waals surface area contributed by atoms with Crippen LogP contribution in [0.2, 0.25) is 0 Å². The fraction of sp³-hybridized carbons (Fsp3) is 0.0769. The summed E-state index contributed by atoms with van der Waals surface area (Å²) in [5, 5.41) is 9.35. The van der Waals surface area contributed by atoms with Crippen LogP contribution in [0, 0.1) is 0 Å². The van der Waals surface area contributed by atoms with Crippen molar-refractivity contribution in [2.45, 2.75) is 10.6 Å². The molecule has 0 radical (unpaired) electrons. The molecule has 1 heterocycles. The van der Waals surface area contributed by atoms with Gasteiger partial charge in [-0.25, -0.2) is 5.84 Å². The first-order chi connectivity index (χ1) is 9.19. The second kappa shape index (κ2) is 6.21. The van der Waals surface area contributed by atoms with Gasteiger partial charge in [-0.3, -0.25) is 15.2 Å². The van der Waals surface area contributed by atoms with E-state index in [2.05, 4.69) is 10.4 Å². The molecule has 0 aliphatic carbocycles. The average Bonchev–Trinajstić information content (AvgIpc) is 2.45. The van der Waals surface area contributed by atoms with E-state index in [-0.39, 0.29) is 11.7 Å². The number of phenols is 1. The van der Waals surface area contributed by atoms with E-state index in [1.807, 2.05) is 6.07 Å². The van der Waals surface area contributed by atoms with Crippen LogP contribution >= 0.6 is 11.8 Å². The Morgan fingerprint density at radius 2 is 2.21 bits per heavy atom. The third-order valence-electron chi connectivity index (χ3n) is 2.42. The molecule has 1 aromatic carbocycles. The molecule has 0 unspecified atom stereocenters. The molecule has 0 saturated heterocycles. The van der Waals surface area contributed by atoms with Crippen LogP contribution in [0.15, 0.2) is 47.5 Å². The number of aromatic hydroxyl groups is 1. The SMILES string of the molecule is NNC(=O)c1ccc(CSc2cccc(O)c2)nc1. The number of hydrazine groups is 1. The van der Waals surface area contributed by atoms with E-state index in [0.717, 1.165) is 10.6 Å². The standard InChI is InChI=1S/C13H13N3O2S/c14-16-13(18)9-4-5-10(15-7-9)8-19-12-3-1-2-11(17)6-12/h1-7,17H,8,14H2,(H,16,18). The minimum atomic E-state index is -0.361. The van der Waals surface area contributed by atoms with Crippen molar-refractivity contribution in [3.63, 3.8) is 0 Å². The summed E-state index contributed by atoms with van der Waals surface area (Å²) in [6.07, 6.45) is 1.49. The van der Waals surface area contributed by atoms with Crippen LogP contribution in [0.1, 0.15) is 16.1 Å². The van der Waals surface area contributed by atoms with Crippen molar-refractivity contribution < 1.29 is 9.90 Å². The van der Waals surface area contributed by atoms with Crippen LogP contribution in [-0.4, -0.2) is 16.0 Å². The van der Waals surface area contributed by atoms with Gasteiger partial charge >= 0.3 is 0 Å². The first-order valence-corrected chi connectivity index (χ1v) is 6.55. The predicted molar refractivity (Wildman–Crippen MR) is 73.6 cm³/mol. The van der Waals surface area contributed by atoms with E-state index >= 15 is 0 Å². The van der Waals surface area contributed by atoms with E-state index in [1.54, 1.807) is 42.1 Å². The molecule has 0 spiro atoms. The summed E-state index contributed by atoms with van der Waals surface area (Å²) < 4.78 is 0. The number of nitrogen functional groups attached to an aromatic ring is 1. The molecule has 2 aromatic rings. The van der Waals surface area contributed by atoms with Gasteiger partial charge in [0, 0.05) is 16.8 Å². The molecule has 4 N–H and O–H groups in total. The van der Waals surface area contributed by atoms with Crippen molar-refractivity contribution in [1.82, 2.24) is 10.4 Å². The third kappa shape index (κ3) is 3.70. The number of hydrogen-bond acceptors (Lipinski definition) is 5. The van der Waals surface area contributed by atoms with Crippen LogP contribution in [0.4, 0.5) is 0 Å². The summed E-state index contributed by atoms with van der Waals surface area (Å²) in [4.78, 5) is 16.4. The molecule has 1 aromatic heterocycles. The predicted octanol–water partition coefficient (Wildman–Crippen LogP) is 1.68. The van der Waals surface area contributed by atoms with Gasteiger partial charge in [-0.15, -0.1) is 11.8 Å². The van der Waals surface area contributed by atoms with Crippen molar-refractivity contribution in [1.29, 1.82) is 0 Å². The molecular formula is C13H13N3O2S. The number of nitrogens with zero attached hydrogens (tertiary/aromatic N) is 1. The lowest BCUT2D eigenvalue weighted by molar-refractivity contribution is 0.0953. The van der Waals surface area contributed by atoms with Crippen molar-refractivity contribution >= 4 is 17.7 Å². The molecule has 2 rings (SSSR count). The smallest absolute Gasteiger partial charge is 0.266 e. The van der Waals surface area contributed by atoms with Gasteiger partial charge in [-0.05, 0) is 30.3 Å². The Balaban J connectivity index is 1.98. The van der Waals surface area contributed by atoms with Crippen LogP contribution in [0.5, 0.6) is 5.75 Å². The van der Waals surface area contributed by atoms with Crippen LogP contribution < -0.4 is 11.3 Å². The molecule has 0 bridgehead atoms. The highest BCUT2D eigenvalue weighted by Crippen LogP contribution is 2.24. The summed E-state index contributed by atoms with van der Waals surface area (Å²) in [6, 6.07) is 10.5. The minimum absolute atomic E-state index is 0.243. The van der Waals surface area contributed by atoms with Crippen molar-refractivity contribution in [3.05, 3.63) is 53.9 Å². The lowest BCUT2D eigenvalue weighted by Crippen LogP contribution is -2.30. The van der Waals surface area contributed by atoms with Gasteiger partial charge in [0.2, 0.25) is 0 Å². The highest BCUT2D eigenvalue weighted by atomic mass is 32.2. The molecule has 19 heavy (non-hydrogen) atoms. The molecule has 0 fully saturated rings. The van der Waals surface area contributed by atoms with Gasteiger partial charge in [0.05, 0.1) is 11.3 Å². The van der Waals surface area contributed by atoms with Crippen LogP contribution in [0.3, 0.4) is 0 Å². The number of benzene rings is 1. The molecular weight excluding hydrogens is 262 g/mol. The average molecular weight is 275 g/mol. The third-order valence-corrected chi connectivity index (χ3v) is 3.45. The number of nitrogens with one attached hydrogen (secondary N) is 1. The minimum Gasteiger partial charge on any atom is -0.508 e. The number of amides is 1. The molecule has 0 atom stereocenters. The van der Waals surface area contributed by atoms with Gasteiger partial charge in [0.25, 0.3) is 5.91 Å². The van der Waals surface area contributed by atoms with Crippen molar-refractivity contribution in [3.8, 4) is 5.75 Å². The first-order valence-electron chi connectivity index (χ1n) is 5.57. The van der Waals surface area contributed by atoms with Gasteiger partial charge in [-0.1, -0.05) is 6.07 Å². The maximum absolute atomic E-state index is 11.2. The summed E-state index contributed by atoms with van der Waals surface area (Å²) in [5.41, 5.74) is 3.33. The van der Waals surface area contributed by atoms with Crippen molar-refractivity contribution in [2.24, 2.45) is 5.84 Å². The van der Waals surface area contributed by atoms with E-state index in [4.69, 9.17) is 5.84 Å². The molecule has 0 saturated carbocycles. The number of pyridine rings is 1. The fourth-order valence-electron chi connectivity index (χ4n) is 1.46. The number of phenolic OH excluding ortho intramolecular Hbond substituents is 1. The molecule has 98 valence electrons. The quantitative estimate of drug-likeness (QED) is 0.342. The lowest BCUT2D eigenvalue weighted by atomic mass is 10.2. The number of carbonyl (C=O) groups excluding carboxylic acids is 1. The largest absolute Gasteiger partial charge is 0.508 e. The molecule has 0 aliphatic heterocycles. The maximum Gasteiger partial charge on any atom is 0.266 e. The van der Waals surface area contributed by atoms with Gasteiger partial charge in [0.15, 0.2) is 0 Å². The van der Waals surface area contributed by atoms with E-state index < -0.39 is 0 Å². The topological polar surface area (TPSA) is 88.2 Å². The van der Waals surface area contributed by atoms with Gasteiger partial charge in [-0.2, -0.15) is 0 Å². The number of rotatable bonds is 4. The van der Waals surface area contributed by atoms with Gasteiger partial charge in [0.1, 0.15) is 5.75 Å². The maximum atomic E-state index is 11.2. The zero-order chi connectivity index (χ0) is 13.7. The monoisotopic (exact) mass is 275 g/mol. The van der Waals surface area contributed by atoms with Gasteiger partial charge < -0.3 is 5.11 Å². The van der Waals surface area contributed by atoms with Crippen LogP contribution in [-0.2, 0) is 5.75 Å². The number of hydrogen-bond donors (Lipinski definition) is 3. The van der Waals surface area contributed by atoms with E-state index in [9.17, 15) is 9.90 Å². The Labute approximate surface area is 114 Å². The highest BCUT2D eigenvalue weighted by Gasteiger charge is 2.04. The summed E-state index contributed by atoms with van der Waals surface area (Å²) in [6.45, 7) is 0. The Morgan fingerprint density at radius 3 is 2.84 bits per heavy atom. The normalized spacial score (nSPS) is 10.2.